The van der Waals surface area contributed by atoms with Gasteiger partial charge in [-0.25, -0.2) is 14.0 Å². The SMILES string of the molecule is COc1ccc([C@H](Cc2c(Cl)c[n+](O)cc2Cl)c2cc(CCN(C(=O)O[C@H]3CN4CCC3CC4)c3ccccc3F)ccc2C(=O)O)cc1OC. The number of halogens is 3. The van der Waals surface area contributed by atoms with Crippen molar-refractivity contribution in [2.75, 3.05) is 45.3 Å². The predicted molar refractivity (Wildman–Crippen MR) is 189 cm³/mol. The van der Waals surface area contributed by atoms with Crippen LogP contribution in [0.1, 0.15) is 51.4 Å². The lowest BCUT2D eigenvalue weighted by Gasteiger charge is -2.44. The number of aromatic nitrogens is 1. The molecule has 2 atom stereocenters. The summed E-state index contributed by atoms with van der Waals surface area (Å²) in [7, 11) is 3.03. The number of ether oxygens (including phenoxy) is 3. The number of carboxylic acid groups (broad SMARTS) is 1. The molecule has 13 heteroatoms. The molecular weight excluding hydrogens is 700 g/mol. The molecule has 3 saturated heterocycles. The largest absolute Gasteiger partial charge is 0.493 e. The number of para-hydroxylation sites is 1. The maximum atomic E-state index is 15.2. The second-order valence-corrected chi connectivity index (χ2v) is 13.6. The van der Waals surface area contributed by atoms with Crippen LogP contribution in [0.15, 0.2) is 73.1 Å². The van der Waals surface area contributed by atoms with Gasteiger partial charge in [-0.15, -0.1) is 0 Å². The minimum atomic E-state index is -1.14. The molecular formula is C38H39Cl2FN3O7+. The van der Waals surface area contributed by atoms with Crippen LogP contribution < -0.4 is 19.1 Å². The molecule has 4 heterocycles. The van der Waals surface area contributed by atoms with Crippen LogP contribution in [0.3, 0.4) is 0 Å². The lowest BCUT2D eigenvalue weighted by Crippen LogP contribution is -2.53. The molecule has 0 radical (unpaired) electrons. The fourth-order valence-corrected chi connectivity index (χ4v) is 7.73. The van der Waals surface area contributed by atoms with E-state index in [-0.39, 0.29) is 52.7 Å². The van der Waals surface area contributed by atoms with Crippen molar-refractivity contribution in [1.29, 1.82) is 0 Å². The molecule has 1 aromatic heterocycles. The first-order valence-corrected chi connectivity index (χ1v) is 17.4. The normalized spacial score (nSPS) is 18.6. The number of anilines is 1. The second-order valence-electron chi connectivity index (χ2n) is 12.8. The summed E-state index contributed by atoms with van der Waals surface area (Å²) in [4.78, 5) is 30.0. The molecule has 3 aliphatic heterocycles. The van der Waals surface area contributed by atoms with Crippen LogP contribution >= 0.6 is 23.2 Å². The minimum absolute atomic E-state index is 0.0478. The number of amides is 1. The van der Waals surface area contributed by atoms with Gasteiger partial charge in [0.2, 0.25) is 12.4 Å². The molecule has 4 aromatic rings. The van der Waals surface area contributed by atoms with Crippen molar-refractivity contribution in [2.24, 2.45) is 5.92 Å². The molecule has 3 aromatic carbocycles. The van der Waals surface area contributed by atoms with E-state index in [2.05, 4.69) is 4.90 Å². The number of fused-ring (bicyclic) bond motifs is 3. The molecule has 3 fully saturated rings. The van der Waals surface area contributed by atoms with Crippen molar-refractivity contribution in [3.63, 3.8) is 0 Å². The standard InChI is InChI=1S/C38H38Cl2FN3O7/c1-49-34-10-8-25(18-35(34)50-2)27(19-29-30(39)20-43(48)21-31(29)40)28-17-23(7-9-26(28)37(45)46)11-16-44(33-6-4-3-5-32(33)41)38(47)51-36-22-42-14-12-24(36)13-15-42/h3-10,17-18,20-21,24,27,36H,11-16,19,22H2,1-2H3,(H-,45,46,48)/p+1/t27-,36-/m0/s1. The fraction of sp³-hybridized carbons (Fsp3) is 0.342. The number of rotatable bonds is 12. The Kier molecular flexibility index (Phi) is 11.2. The number of carbonyl (C=O) groups excluding carboxylic acids is 1. The number of aromatic carboxylic acids is 1. The number of piperidine rings is 3. The van der Waals surface area contributed by atoms with Gasteiger partial charge in [0.25, 0.3) is 0 Å². The van der Waals surface area contributed by atoms with Gasteiger partial charge in [0, 0.05) is 29.3 Å². The van der Waals surface area contributed by atoms with Crippen LogP contribution in [0.4, 0.5) is 14.9 Å². The zero-order valence-corrected chi connectivity index (χ0v) is 29.7. The van der Waals surface area contributed by atoms with Gasteiger partial charge in [-0.05, 0) is 91.7 Å². The van der Waals surface area contributed by atoms with E-state index in [1.165, 1.54) is 43.6 Å². The van der Waals surface area contributed by atoms with Crippen LogP contribution in [0.25, 0.3) is 0 Å². The number of pyridine rings is 1. The summed E-state index contributed by atoms with van der Waals surface area (Å²) < 4.78 is 33.0. The highest BCUT2D eigenvalue weighted by Crippen LogP contribution is 2.39. The zero-order valence-electron chi connectivity index (χ0n) is 28.2. The number of carbonyl (C=O) groups is 2. The maximum absolute atomic E-state index is 15.2. The van der Waals surface area contributed by atoms with Crippen LogP contribution in [0.5, 0.6) is 11.5 Å². The summed E-state index contributed by atoms with van der Waals surface area (Å²) in [5, 5.41) is 20.7. The van der Waals surface area contributed by atoms with Crippen molar-refractivity contribution >= 4 is 41.0 Å². The van der Waals surface area contributed by atoms with Gasteiger partial charge >= 0.3 is 12.1 Å². The van der Waals surface area contributed by atoms with Crippen molar-refractivity contribution in [2.45, 2.75) is 37.7 Å². The molecule has 2 N–H and O–H groups in total. The Morgan fingerprint density at radius 3 is 2.33 bits per heavy atom. The number of hydrogen-bond acceptors (Lipinski definition) is 7. The number of carboxylic acids is 1. The summed E-state index contributed by atoms with van der Waals surface area (Å²) >= 11 is 13.1. The average molecular weight is 740 g/mol. The van der Waals surface area contributed by atoms with E-state index < -0.39 is 23.8 Å². The van der Waals surface area contributed by atoms with Crippen molar-refractivity contribution < 1.29 is 43.2 Å². The van der Waals surface area contributed by atoms with Gasteiger partial charge in [-0.3, -0.25) is 15.0 Å². The second kappa shape index (κ2) is 15.8. The fourth-order valence-electron chi connectivity index (χ4n) is 7.13. The summed E-state index contributed by atoms with van der Waals surface area (Å²) in [6.45, 7) is 2.70. The predicted octanol–water partition coefficient (Wildman–Crippen LogP) is 7.03. The lowest BCUT2D eigenvalue weighted by atomic mass is 9.82. The van der Waals surface area contributed by atoms with Gasteiger partial charge in [0.05, 0.1) is 25.5 Å². The molecule has 10 nitrogen and oxygen atoms in total. The number of nitrogens with zero attached hydrogens (tertiary/aromatic N) is 3. The molecule has 1 amide bonds. The Morgan fingerprint density at radius 2 is 1.71 bits per heavy atom. The molecule has 2 bridgehead atoms. The molecule has 0 spiro atoms. The number of benzene rings is 3. The van der Waals surface area contributed by atoms with Crippen molar-refractivity contribution in [3.8, 4) is 11.5 Å². The quantitative estimate of drug-likeness (QED) is 0.118. The number of hydrogen-bond donors (Lipinski definition) is 2. The molecule has 268 valence electrons. The van der Waals surface area contributed by atoms with E-state index in [0.717, 1.165) is 30.7 Å². The molecule has 0 saturated carbocycles. The van der Waals surface area contributed by atoms with E-state index in [0.29, 0.717) is 40.3 Å². The Balaban J connectivity index is 1.36. The molecule has 3 aliphatic rings. The third-order valence-electron chi connectivity index (χ3n) is 9.84. The first-order chi connectivity index (χ1) is 24.6. The Bertz CT molecular complexity index is 1900. The van der Waals surface area contributed by atoms with E-state index in [1.54, 1.807) is 42.5 Å². The Morgan fingerprint density at radius 1 is 1.00 bits per heavy atom. The van der Waals surface area contributed by atoms with Gasteiger partial charge in [-0.2, -0.15) is 0 Å². The van der Waals surface area contributed by atoms with Gasteiger partial charge in [0.15, 0.2) is 11.5 Å². The third kappa shape index (κ3) is 8.01. The number of methoxy groups -OCH3 is 2. The highest BCUT2D eigenvalue weighted by atomic mass is 35.5. The van der Waals surface area contributed by atoms with Crippen LogP contribution in [-0.4, -0.2) is 73.8 Å². The summed E-state index contributed by atoms with van der Waals surface area (Å²) in [6, 6.07) is 16.4. The first kappa shape index (κ1) is 36.2. The van der Waals surface area contributed by atoms with Crippen LogP contribution in [0, 0.1) is 11.7 Å². The van der Waals surface area contributed by atoms with E-state index >= 15 is 4.39 Å². The Hall–Kier alpha value is -4.58. The first-order valence-electron chi connectivity index (χ1n) is 16.7. The van der Waals surface area contributed by atoms with Crippen molar-refractivity contribution in [3.05, 3.63) is 117 Å². The summed E-state index contributed by atoms with van der Waals surface area (Å²) in [6.07, 6.45) is 4.03. The van der Waals surface area contributed by atoms with Gasteiger partial charge in [-0.1, -0.05) is 53.5 Å². The summed E-state index contributed by atoms with van der Waals surface area (Å²) in [5.74, 6) is -1.12. The van der Waals surface area contributed by atoms with Gasteiger partial charge in [0.1, 0.15) is 22.0 Å². The lowest BCUT2D eigenvalue weighted by molar-refractivity contribution is -0.904. The zero-order chi connectivity index (χ0) is 36.2. The topological polar surface area (TPSA) is 113 Å². The average Bonchev–Trinajstić information content (AvgIpc) is 3.12. The minimum Gasteiger partial charge on any atom is -0.493 e. The highest BCUT2D eigenvalue weighted by Gasteiger charge is 2.38. The smallest absolute Gasteiger partial charge is 0.414 e. The monoisotopic (exact) mass is 738 g/mol. The maximum Gasteiger partial charge on any atom is 0.414 e. The molecule has 0 unspecified atom stereocenters. The molecule has 51 heavy (non-hydrogen) atoms. The highest BCUT2D eigenvalue weighted by molar-refractivity contribution is 6.35. The Labute approximate surface area is 305 Å². The van der Waals surface area contributed by atoms with E-state index in [4.69, 9.17) is 37.4 Å². The van der Waals surface area contributed by atoms with E-state index in [1.807, 2.05) is 6.07 Å². The van der Waals surface area contributed by atoms with Gasteiger partial charge < -0.3 is 19.3 Å². The van der Waals surface area contributed by atoms with Crippen molar-refractivity contribution in [1.82, 2.24) is 4.90 Å². The third-order valence-corrected chi connectivity index (χ3v) is 10.5. The summed E-state index contributed by atoms with van der Waals surface area (Å²) in [5.41, 5.74) is 2.49. The molecule has 0 aliphatic carbocycles. The molecule has 7 rings (SSSR count). The van der Waals surface area contributed by atoms with Crippen LogP contribution in [-0.2, 0) is 17.6 Å². The van der Waals surface area contributed by atoms with E-state index in [9.17, 15) is 19.9 Å². The van der Waals surface area contributed by atoms with Crippen LogP contribution in [0.2, 0.25) is 10.0 Å².